The molecule has 0 N–H and O–H groups in total. The zero-order chi connectivity index (χ0) is 37.0. The van der Waals surface area contributed by atoms with Crippen LogP contribution in [0.4, 0.5) is 0 Å². The van der Waals surface area contributed by atoms with Crippen molar-refractivity contribution in [3.8, 4) is 62.1 Å². The largest absolute Gasteiger partial charge is 0.309 e. The summed E-state index contributed by atoms with van der Waals surface area (Å²) < 4.78 is 5.01. The van der Waals surface area contributed by atoms with Gasteiger partial charge in [0.25, 0.3) is 0 Å². The van der Waals surface area contributed by atoms with Crippen LogP contribution < -0.4 is 0 Å². The molecule has 0 saturated carbocycles. The SMILES string of the molecule is c1ccc(-c2nc(-c3ccccc3)nc(-c3ccc(-n4c5ccccc5c5cc(-c6cccc(-c7cccc8c7sc7ccccc78)c6)ccc54)cc3)n2)cc1. The minimum absolute atomic E-state index is 0.641. The Kier molecular flexibility index (Phi) is 7.64. The lowest BCUT2D eigenvalue weighted by atomic mass is 9.97. The molecule has 3 aromatic heterocycles. The van der Waals surface area contributed by atoms with Gasteiger partial charge in [-0.05, 0) is 76.9 Å². The molecular weight excluding hydrogens is 701 g/mol. The van der Waals surface area contributed by atoms with Gasteiger partial charge in [-0.3, -0.25) is 0 Å². The Bertz CT molecular complexity index is 3180. The van der Waals surface area contributed by atoms with Crippen LogP contribution in [0.15, 0.2) is 194 Å². The van der Waals surface area contributed by atoms with Crippen LogP contribution in [-0.2, 0) is 0 Å². The Morgan fingerprint density at radius 2 is 0.857 bits per heavy atom. The van der Waals surface area contributed by atoms with Crippen LogP contribution in [0.2, 0.25) is 0 Å². The van der Waals surface area contributed by atoms with Crippen LogP contribution in [0.5, 0.6) is 0 Å². The second kappa shape index (κ2) is 13.3. The fourth-order valence-electron chi connectivity index (χ4n) is 7.97. The first kappa shape index (κ1) is 32.2. The quantitative estimate of drug-likeness (QED) is 0.171. The summed E-state index contributed by atoms with van der Waals surface area (Å²) in [6, 6.07) is 68.7. The number of benzene rings is 8. The zero-order valence-corrected chi connectivity index (χ0v) is 31.0. The molecule has 0 atom stereocenters. The standard InChI is InChI=1S/C51H32N4S/c1-3-13-33(14-4-1)49-52-50(34-15-5-2-6-16-34)54-51(53-49)35-25-28-39(29-26-35)55-45-23-9-7-19-41(45)44-32-37(27-30-46(44)55)36-17-11-18-38(31-36)40-21-12-22-43-42-20-8-10-24-47(42)56-48(40)43/h1-32H. The first-order valence-electron chi connectivity index (χ1n) is 18.8. The van der Waals surface area contributed by atoms with Crippen molar-refractivity contribution in [2.75, 3.05) is 0 Å². The van der Waals surface area contributed by atoms with E-state index < -0.39 is 0 Å². The van der Waals surface area contributed by atoms with Gasteiger partial charge in [0, 0.05) is 53.3 Å². The van der Waals surface area contributed by atoms with Gasteiger partial charge in [-0.15, -0.1) is 11.3 Å². The smallest absolute Gasteiger partial charge is 0.164 e. The minimum Gasteiger partial charge on any atom is -0.309 e. The Labute approximate surface area is 327 Å². The molecule has 0 aliphatic rings. The third kappa shape index (κ3) is 5.48. The summed E-state index contributed by atoms with van der Waals surface area (Å²) in [6.07, 6.45) is 0. The van der Waals surface area contributed by atoms with Gasteiger partial charge in [0.15, 0.2) is 17.5 Å². The van der Waals surface area contributed by atoms with Gasteiger partial charge in [-0.2, -0.15) is 0 Å². The molecule has 0 radical (unpaired) electrons. The van der Waals surface area contributed by atoms with Crippen molar-refractivity contribution >= 4 is 53.3 Å². The highest BCUT2D eigenvalue weighted by Crippen LogP contribution is 2.41. The van der Waals surface area contributed by atoms with Crippen LogP contribution in [0.25, 0.3) is 104 Å². The van der Waals surface area contributed by atoms with E-state index >= 15 is 0 Å². The number of fused-ring (bicyclic) bond motifs is 6. The van der Waals surface area contributed by atoms with E-state index in [1.807, 2.05) is 72.0 Å². The van der Waals surface area contributed by atoms with Gasteiger partial charge in [-0.1, -0.05) is 140 Å². The Hall–Kier alpha value is -7.21. The third-order valence-electron chi connectivity index (χ3n) is 10.7. The molecular formula is C51H32N4S. The Balaban J connectivity index is 0.987. The van der Waals surface area contributed by atoms with Crippen molar-refractivity contribution in [1.82, 2.24) is 19.5 Å². The van der Waals surface area contributed by atoms with E-state index in [0.29, 0.717) is 17.5 Å². The maximum Gasteiger partial charge on any atom is 0.164 e. The fourth-order valence-corrected chi connectivity index (χ4v) is 9.21. The monoisotopic (exact) mass is 732 g/mol. The summed E-state index contributed by atoms with van der Waals surface area (Å²) in [4.78, 5) is 14.8. The number of hydrogen-bond acceptors (Lipinski definition) is 4. The van der Waals surface area contributed by atoms with E-state index in [-0.39, 0.29) is 0 Å². The summed E-state index contributed by atoms with van der Waals surface area (Å²) in [7, 11) is 0. The number of nitrogens with zero attached hydrogens (tertiary/aromatic N) is 4. The predicted octanol–water partition coefficient (Wildman–Crippen LogP) is 13.7. The number of hydrogen-bond donors (Lipinski definition) is 0. The van der Waals surface area contributed by atoms with Crippen LogP contribution in [0, 0.1) is 0 Å². The van der Waals surface area contributed by atoms with Crippen LogP contribution >= 0.6 is 11.3 Å². The lowest BCUT2D eigenvalue weighted by molar-refractivity contribution is 1.07. The average molecular weight is 733 g/mol. The van der Waals surface area contributed by atoms with Gasteiger partial charge in [0.2, 0.25) is 0 Å². The highest BCUT2D eigenvalue weighted by molar-refractivity contribution is 7.26. The van der Waals surface area contributed by atoms with Crippen LogP contribution in [0.3, 0.4) is 0 Å². The first-order chi connectivity index (χ1) is 27.7. The van der Waals surface area contributed by atoms with Gasteiger partial charge in [0.1, 0.15) is 0 Å². The normalized spacial score (nSPS) is 11.6. The molecule has 0 unspecified atom stereocenters. The molecule has 3 heterocycles. The second-order valence-corrected chi connectivity index (χ2v) is 15.1. The Morgan fingerprint density at radius 3 is 1.59 bits per heavy atom. The van der Waals surface area contributed by atoms with E-state index in [0.717, 1.165) is 33.4 Å². The second-order valence-electron chi connectivity index (χ2n) is 14.0. The summed E-state index contributed by atoms with van der Waals surface area (Å²) in [5.74, 6) is 1.95. The lowest BCUT2D eigenvalue weighted by Gasteiger charge is -2.11. The van der Waals surface area contributed by atoms with Crippen molar-refractivity contribution in [2.24, 2.45) is 0 Å². The number of thiophene rings is 1. The van der Waals surface area contributed by atoms with Crippen LogP contribution in [-0.4, -0.2) is 19.5 Å². The maximum absolute atomic E-state index is 4.95. The van der Waals surface area contributed by atoms with Gasteiger partial charge >= 0.3 is 0 Å². The summed E-state index contributed by atoms with van der Waals surface area (Å²) in [5, 5.41) is 5.08. The van der Waals surface area contributed by atoms with E-state index in [1.54, 1.807) is 0 Å². The highest BCUT2D eigenvalue weighted by Gasteiger charge is 2.16. The fraction of sp³-hybridized carbons (Fsp3) is 0. The summed E-state index contributed by atoms with van der Waals surface area (Å²) in [5.41, 5.74) is 11.1. The third-order valence-corrected chi connectivity index (χ3v) is 11.9. The van der Waals surface area contributed by atoms with Crippen molar-refractivity contribution < 1.29 is 0 Å². The maximum atomic E-state index is 4.95. The lowest BCUT2D eigenvalue weighted by Crippen LogP contribution is -2.00. The van der Waals surface area contributed by atoms with E-state index in [1.165, 1.54) is 53.2 Å². The molecule has 11 rings (SSSR count). The topological polar surface area (TPSA) is 43.6 Å². The summed E-state index contributed by atoms with van der Waals surface area (Å²) in [6.45, 7) is 0. The highest BCUT2D eigenvalue weighted by atomic mass is 32.1. The first-order valence-corrected chi connectivity index (χ1v) is 19.6. The number of aromatic nitrogens is 4. The van der Waals surface area contributed by atoms with Gasteiger partial charge < -0.3 is 4.57 Å². The van der Waals surface area contributed by atoms with Gasteiger partial charge in [-0.25, -0.2) is 15.0 Å². The molecule has 8 aromatic carbocycles. The predicted molar refractivity (Wildman–Crippen MR) is 234 cm³/mol. The molecule has 0 spiro atoms. The number of para-hydroxylation sites is 1. The molecule has 4 nitrogen and oxygen atoms in total. The summed E-state index contributed by atoms with van der Waals surface area (Å²) >= 11 is 1.87. The molecule has 0 aliphatic heterocycles. The Morgan fingerprint density at radius 1 is 0.339 bits per heavy atom. The molecule has 0 amide bonds. The van der Waals surface area contributed by atoms with E-state index in [2.05, 4.69) is 138 Å². The molecule has 262 valence electrons. The molecule has 0 fully saturated rings. The van der Waals surface area contributed by atoms with E-state index in [9.17, 15) is 0 Å². The van der Waals surface area contributed by atoms with Crippen molar-refractivity contribution in [3.05, 3.63) is 194 Å². The molecule has 0 bridgehead atoms. The van der Waals surface area contributed by atoms with Crippen molar-refractivity contribution in [1.29, 1.82) is 0 Å². The van der Waals surface area contributed by atoms with Crippen LogP contribution in [0.1, 0.15) is 0 Å². The zero-order valence-electron chi connectivity index (χ0n) is 30.2. The molecule has 5 heteroatoms. The molecule has 11 aromatic rings. The van der Waals surface area contributed by atoms with Crippen molar-refractivity contribution in [2.45, 2.75) is 0 Å². The minimum atomic E-state index is 0.641. The average Bonchev–Trinajstić information content (AvgIpc) is 3.83. The molecule has 56 heavy (non-hydrogen) atoms. The molecule has 0 saturated heterocycles. The van der Waals surface area contributed by atoms with Gasteiger partial charge in [0.05, 0.1) is 11.0 Å². The molecule has 0 aliphatic carbocycles. The number of rotatable bonds is 6. The van der Waals surface area contributed by atoms with E-state index in [4.69, 9.17) is 15.0 Å². The van der Waals surface area contributed by atoms with Crippen molar-refractivity contribution in [3.63, 3.8) is 0 Å².